The molecule has 64 valence electrons. The Morgan fingerprint density at radius 2 is 2.36 bits per heavy atom. The molecule has 0 radical (unpaired) electrons. The number of aliphatic hydroxyl groups is 1. The molecule has 2 N–H and O–H groups in total. The molecule has 1 atom stereocenters. The van der Waals surface area contributed by atoms with Gasteiger partial charge in [0.05, 0.1) is 13.2 Å². The molecule has 4 heteroatoms. The Balaban J connectivity index is 2.64. The Kier molecular flexibility index (Phi) is 2.46. The number of rotatable bonds is 2. The van der Waals surface area contributed by atoms with E-state index in [0.717, 1.165) is 0 Å². The number of carbonyl (C=O) groups is 1. The molecule has 0 spiro atoms. The van der Waals surface area contributed by atoms with Gasteiger partial charge in [0, 0.05) is 6.61 Å². The standard InChI is InChI=1S/C7H12O4/c8-4-7(6(9)10)2-1-3-11-5-7/h8H,1-5H2,(H,9,10). The summed E-state index contributed by atoms with van der Waals surface area (Å²) in [4.78, 5) is 10.7. The van der Waals surface area contributed by atoms with Gasteiger partial charge < -0.3 is 14.9 Å². The van der Waals surface area contributed by atoms with Crippen LogP contribution in [0.2, 0.25) is 0 Å². The normalized spacial score (nSPS) is 31.7. The van der Waals surface area contributed by atoms with Crippen molar-refractivity contribution >= 4 is 5.97 Å². The second kappa shape index (κ2) is 3.19. The summed E-state index contributed by atoms with van der Waals surface area (Å²) in [5, 5.41) is 17.6. The summed E-state index contributed by atoms with van der Waals surface area (Å²) in [6, 6.07) is 0. The Labute approximate surface area is 64.8 Å². The SMILES string of the molecule is O=C(O)C1(CO)CCCOC1. The van der Waals surface area contributed by atoms with Gasteiger partial charge in [-0.15, -0.1) is 0 Å². The van der Waals surface area contributed by atoms with Gasteiger partial charge in [-0.3, -0.25) is 4.79 Å². The number of carboxylic acid groups (broad SMARTS) is 1. The van der Waals surface area contributed by atoms with Crippen LogP contribution >= 0.6 is 0 Å². The molecule has 1 fully saturated rings. The highest BCUT2D eigenvalue weighted by Crippen LogP contribution is 2.27. The molecule has 1 aliphatic rings. The van der Waals surface area contributed by atoms with E-state index in [-0.39, 0.29) is 13.2 Å². The molecule has 0 saturated carbocycles. The summed E-state index contributed by atoms with van der Waals surface area (Å²) in [5.41, 5.74) is -1.03. The van der Waals surface area contributed by atoms with Crippen molar-refractivity contribution in [3.05, 3.63) is 0 Å². The van der Waals surface area contributed by atoms with Gasteiger partial charge in [0.2, 0.25) is 0 Å². The number of aliphatic carboxylic acids is 1. The zero-order chi connectivity index (χ0) is 8.32. The summed E-state index contributed by atoms with van der Waals surface area (Å²) in [6.07, 6.45) is 1.23. The van der Waals surface area contributed by atoms with Crippen molar-refractivity contribution in [2.75, 3.05) is 19.8 Å². The fourth-order valence-corrected chi connectivity index (χ4v) is 1.21. The molecule has 0 aromatic heterocycles. The molecule has 1 heterocycles. The molecule has 0 aliphatic carbocycles. The topological polar surface area (TPSA) is 66.8 Å². The lowest BCUT2D eigenvalue weighted by atomic mass is 9.84. The first-order valence-corrected chi connectivity index (χ1v) is 3.63. The van der Waals surface area contributed by atoms with E-state index >= 15 is 0 Å². The van der Waals surface area contributed by atoms with Gasteiger partial charge in [0.1, 0.15) is 5.41 Å². The summed E-state index contributed by atoms with van der Waals surface area (Å²) in [5.74, 6) is -0.959. The minimum atomic E-state index is -1.03. The van der Waals surface area contributed by atoms with Crippen LogP contribution in [0.25, 0.3) is 0 Å². The van der Waals surface area contributed by atoms with Crippen LogP contribution in [0.15, 0.2) is 0 Å². The molecule has 0 amide bonds. The lowest BCUT2D eigenvalue weighted by molar-refractivity contribution is -0.161. The van der Waals surface area contributed by atoms with Crippen LogP contribution in [0, 0.1) is 5.41 Å². The predicted octanol–water partition coefficient (Wildman–Crippen LogP) is -0.140. The third kappa shape index (κ3) is 1.52. The van der Waals surface area contributed by atoms with Crippen molar-refractivity contribution in [3.8, 4) is 0 Å². The van der Waals surface area contributed by atoms with Gasteiger partial charge in [-0.2, -0.15) is 0 Å². The monoisotopic (exact) mass is 160 g/mol. The summed E-state index contributed by atoms with van der Waals surface area (Å²) < 4.78 is 5.00. The van der Waals surface area contributed by atoms with Gasteiger partial charge >= 0.3 is 5.97 Å². The van der Waals surface area contributed by atoms with Crippen LogP contribution in [0.5, 0.6) is 0 Å². The molecule has 11 heavy (non-hydrogen) atoms. The van der Waals surface area contributed by atoms with Crippen molar-refractivity contribution in [1.82, 2.24) is 0 Å². The van der Waals surface area contributed by atoms with E-state index in [1.165, 1.54) is 0 Å². The second-order valence-corrected chi connectivity index (χ2v) is 2.90. The molecular weight excluding hydrogens is 148 g/mol. The van der Waals surface area contributed by atoms with Gasteiger partial charge in [0.15, 0.2) is 0 Å². The fourth-order valence-electron chi connectivity index (χ4n) is 1.21. The third-order valence-electron chi connectivity index (χ3n) is 2.08. The molecule has 4 nitrogen and oxygen atoms in total. The van der Waals surface area contributed by atoms with E-state index in [2.05, 4.69) is 0 Å². The molecular formula is C7H12O4. The summed E-state index contributed by atoms with van der Waals surface area (Å²) >= 11 is 0. The Morgan fingerprint density at radius 3 is 2.64 bits per heavy atom. The van der Waals surface area contributed by atoms with Crippen molar-refractivity contribution < 1.29 is 19.7 Å². The van der Waals surface area contributed by atoms with Gasteiger partial charge in [0.25, 0.3) is 0 Å². The fraction of sp³-hybridized carbons (Fsp3) is 0.857. The summed E-state index contributed by atoms with van der Waals surface area (Å²) in [6.45, 7) is 0.413. The van der Waals surface area contributed by atoms with Crippen LogP contribution in [-0.4, -0.2) is 36.0 Å². The molecule has 0 aromatic carbocycles. The first-order chi connectivity index (χ1) is 5.21. The van der Waals surface area contributed by atoms with Crippen LogP contribution < -0.4 is 0 Å². The highest BCUT2D eigenvalue weighted by molar-refractivity contribution is 5.75. The van der Waals surface area contributed by atoms with Gasteiger partial charge in [-0.25, -0.2) is 0 Å². The highest BCUT2D eigenvalue weighted by atomic mass is 16.5. The van der Waals surface area contributed by atoms with Gasteiger partial charge in [-0.05, 0) is 12.8 Å². The number of aliphatic hydroxyl groups excluding tert-OH is 1. The van der Waals surface area contributed by atoms with Crippen molar-refractivity contribution in [1.29, 1.82) is 0 Å². The average Bonchev–Trinajstić information content (AvgIpc) is 2.05. The lowest BCUT2D eigenvalue weighted by Gasteiger charge is -2.30. The van der Waals surface area contributed by atoms with E-state index < -0.39 is 11.4 Å². The third-order valence-corrected chi connectivity index (χ3v) is 2.08. The maximum atomic E-state index is 10.7. The van der Waals surface area contributed by atoms with Crippen LogP contribution in [0.4, 0.5) is 0 Å². The Morgan fingerprint density at radius 1 is 1.64 bits per heavy atom. The zero-order valence-corrected chi connectivity index (χ0v) is 6.25. The lowest BCUT2D eigenvalue weighted by Crippen LogP contribution is -2.42. The molecule has 1 unspecified atom stereocenters. The predicted molar refractivity (Wildman–Crippen MR) is 37.2 cm³/mol. The van der Waals surface area contributed by atoms with E-state index in [4.69, 9.17) is 14.9 Å². The molecule has 1 saturated heterocycles. The zero-order valence-electron chi connectivity index (χ0n) is 6.25. The van der Waals surface area contributed by atoms with E-state index in [9.17, 15) is 4.79 Å². The summed E-state index contributed by atoms with van der Waals surface area (Å²) in [7, 11) is 0. The minimum absolute atomic E-state index is 0.138. The van der Waals surface area contributed by atoms with Gasteiger partial charge in [-0.1, -0.05) is 0 Å². The van der Waals surface area contributed by atoms with Crippen LogP contribution in [0.3, 0.4) is 0 Å². The molecule has 0 aromatic rings. The van der Waals surface area contributed by atoms with Crippen LogP contribution in [-0.2, 0) is 9.53 Å². The highest BCUT2D eigenvalue weighted by Gasteiger charge is 2.39. The van der Waals surface area contributed by atoms with E-state index in [1.54, 1.807) is 0 Å². The molecule has 1 aliphatic heterocycles. The quantitative estimate of drug-likeness (QED) is 0.590. The first-order valence-electron chi connectivity index (χ1n) is 3.63. The smallest absolute Gasteiger partial charge is 0.314 e. The number of hydrogen-bond donors (Lipinski definition) is 2. The minimum Gasteiger partial charge on any atom is -0.481 e. The van der Waals surface area contributed by atoms with E-state index in [1.807, 2.05) is 0 Å². The first kappa shape index (κ1) is 8.49. The van der Waals surface area contributed by atoms with Crippen LogP contribution in [0.1, 0.15) is 12.8 Å². The average molecular weight is 160 g/mol. The maximum Gasteiger partial charge on any atom is 0.314 e. The number of ether oxygens (including phenoxy) is 1. The molecule has 1 rings (SSSR count). The Bertz CT molecular complexity index is 149. The maximum absolute atomic E-state index is 10.7. The van der Waals surface area contributed by atoms with E-state index in [0.29, 0.717) is 19.4 Å². The second-order valence-electron chi connectivity index (χ2n) is 2.90. The molecule has 0 bridgehead atoms. The largest absolute Gasteiger partial charge is 0.481 e. The Hall–Kier alpha value is -0.610. The van der Waals surface area contributed by atoms with Crippen molar-refractivity contribution in [2.24, 2.45) is 5.41 Å². The number of hydrogen-bond acceptors (Lipinski definition) is 3. The van der Waals surface area contributed by atoms with Crippen molar-refractivity contribution in [2.45, 2.75) is 12.8 Å². The van der Waals surface area contributed by atoms with Crippen molar-refractivity contribution in [3.63, 3.8) is 0 Å². The number of carboxylic acids is 1.